The number of hydrogen-bond acceptors (Lipinski definition) is 3. The first-order valence-corrected chi connectivity index (χ1v) is 5.08. The highest BCUT2D eigenvalue weighted by atomic mass is 16.3. The Morgan fingerprint density at radius 2 is 2.19 bits per heavy atom. The van der Waals surface area contributed by atoms with Gasteiger partial charge < -0.3 is 14.8 Å². The lowest BCUT2D eigenvalue weighted by Crippen LogP contribution is -2.19. The molecular weight excluding hydrogens is 206 g/mol. The van der Waals surface area contributed by atoms with Gasteiger partial charge in [-0.3, -0.25) is 4.79 Å². The number of carbonyl (C=O) groups excluding carboxylic acids is 1. The van der Waals surface area contributed by atoms with Crippen LogP contribution in [0.3, 0.4) is 0 Å². The molecule has 16 heavy (non-hydrogen) atoms. The van der Waals surface area contributed by atoms with E-state index in [0.29, 0.717) is 5.56 Å². The standard InChI is InChI=1S/C12H13NO3/c14-7-10-3-1-2-9-4-5-13(12(9)10)6-11(16)8-15/h1-5,7,11,15-16H,6,8H2. The summed E-state index contributed by atoms with van der Waals surface area (Å²) < 4.78 is 1.78. The summed E-state index contributed by atoms with van der Waals surface area (Å²) >= 11 is 0. The van der Waals surface area contributed by atoms with Crippen molar-refractivity contribution in [2.24, 2.45) is 0 Å². The van der Waals surface area contributed by atoms with Gasteiger partial charge >= 0.3 is 0 Å². The number of carbonyl (C=O) groups is 1. The predicted octanol–water partition coefficient (Wildman–Crippen LogP) is 0.807. The molecule has 0 saturated heterocycles. The zero-order chi connectivity index (χ0) is 11.5. The fourth-order valence-electron chi connectivity index (χ4n) is 1.82. The van der Waals surface area contributed by atoms with Gasteiger partial charge in [0.25, 0.3) is 0 Å². The summed E-state index contributed by atoms with van der Waals surface area (Å²) in [5, 5.41) is 19.1. The molecule has 0 aliphatic carbocycles. The van der Waals surface area contributed by atoms with E-state index in [2.05, 4.69) is 0 Å². The van der Waals surface area contributed by atoms with Gasteiger partial charge in [0, 0.05) is 17.1 Å². The van der Waals surface area contributed by atoms with Gasteiger partial charge in [0.1, 0.15) is 0 Å². The molecule has 1 atom stereocenters. The minimum absolute atomic E-state index is 0.283. The minimum Gasteiger partial charge on any atom is -0.394 e. The van der Waals surface area contributed by atoms with Gasteiger partial charge in [-0.1, -0.05) is 12.1 Å². The van der Waals surface area contributed by atoms with Gasteiger partial charge in [0.2, 0.25) is 0 Å². The second kappa shape index (κ2) is 4.47. The van der Waals surface area contributed by atoms with Crippen LogP contribution in [0, 0.1) is 0 Å². The van der Waals surface area contributed by atoms with Crippen LogP contribution in [0.2, 0.25) is 0 Å². The predicted molar refractivity (Wildman–Crippen MR) is 60.4 cm³/mol. The number of fused-ring (bicyclic) bond motifs is 1. The maximum atomic E-state index is 10.9. The molecule has 2 rings (SSSR count). The van der Waals surface area contributed by atoms with Crippen LogP contribution in [0.25, 0.3) is 10.9 Å². The Bertz CT molecular complexity index is 504. The number of hydrogen-bond donors (Lipinski definition) is 2. The molecule has 1 unspecified atom stereocenters. The van der Waals surface area contributed by atoms with Crippen molar-refractivity contribution >= 4 is 17.2 Å². The zero-order valence-electron chi connectivity index (χ0n) is 8.71. The Hall–Kier alpha value is -1.65. The van der Waals surface area contributed by atoms with Gasteiger partial charge in [-0.2, -0.15) is 0 Å². The molecule has 4 nitrogen and oxygen atoms in total. The Morgan fingerprint density at radius 1 is 1.38 bits per heavy atom. The summed E-state index contributed by atoms with van der Waals surface area (Å²) in [5.74, 6) is 0. The molecule has 2 N–H and O–H groups in total. The van der Waals surface area contributed by atoms with E-state index in [1.807, 2.05) is 18.2 Å². The molecule has 0 fully saturated rings. The van der Waals surface area contributed by atoms with Crippen LogP contribution in [0.5, 0.6) is 0 Å². The molecule has 0 aliphatic rings. The van der Waals surface area contributed by atoms with E-state index in [1.165, 1.54) is 0 Å². The van der Waals surface area contributed by atoms with Crippen LogP contribution >= 0.6 is 0 Å². The lowest BCUT2D eigenvalue weighted by molar-refractivity contribution is 0.0822. The highest BCUT2D eigenvalue weighted by Gasteiger charge is 2.09. The van der Waals surface area contributed by atoms with Crippen molar-refractivity contribution in [2.45, 2.75) is 12.6 Å². The van der Waals surface area contributed by atoms with Crippen LogP contribution in [0.1, 0.15) is 10.4 Å². The molecule has 0 aliphatic heterocycles. The molecule has 4 heteroatoms. The fourth-order valence-corrected chi connectivity index (χ4v) is 1.82. The number of aldehydes is 1. The molecular formula is C12H13NO3. The zero-order valence-corrected chi connectivity index (χ0v) is 8.71. The average molecular weight is 219 g/mol. The monoisotopic (exact) mass is 219 g/mol. The molecule has 1 aromatic heterocycles. The van der Waals surface area contributed by atoms with Gasteiger partial charge in [-0.05, 0) is 12.1 Å². The highest BCUT2D eigenvalue weighted by molar-refractivity contribution is 5.96. The van der Waals surface area contributed by atoms with E-state index in [1.54, 1.807) is 16.8 Å². The van der Waals surface area contributed by atoms with Crippen molar-refractivity contribution in [3.05, 3.63) is 36.0 Å². The Kier molecular flexibility index (Phi) is 3.03. The summed E-state index contributed by atoms with van der Waals surface area (Å²) in [6.07, 6.45) is 1.79. The first kappa shape index (κ1) is 10.9. The number of para-hydroxylation sites is 1. The van der Waals surface area contributed by atoms with E-state index in [-0.39, 0.29) is 13.2 Å². The molecule has 1 heterocycles. The first-order valence-electron chi connectivity index (χ1n) is 5.08. The number of rotatable bonds is 4. The van der Waals surface area contributed by atoms with Gasteiger partial charge in [-0.15, -0.1) is 0 Å². The number of benzene rings is 1. The van der Waals surface area contributed by atoms with Crippen molar-refractivity contribution in [3.8, 4) is 0 Å². The third kappa shape index (κ3) is 1.85. The Morgan fingerprint density at radius 3 is 2.88 bits per heavy atom. The van der Waals surface area contributed by atoms with E-state index in [9.17, 15) is 9.90 Å². The molecule has 0 bridgehead atoms. The van der Waals surface area contributed by atoms with Crippen molar-refractivity contribution in [3.63, 3.8) is 0 Å². The van der Waals surface area contributed by atoms with Crippen molar-refractivity contribution < 1.29 is 15.0 Å². The molecule has 2 aromatic rings. The maximum absolute atomic E-state index is 10.9. The minimum atomic E-state index is -0.810. The van der Waals surface area contributed by atoms with Crippen LogP contribution in [-0.4, -0.2) is 33.8 Å². The third-order valence-corrected chi connectivity index (χ3v) is 2.56. The summed E-state index contributed by atoms with van der Waals surface area (Å²) in [5.41, 5.74) is 1.39. The first-order chi connectivity index (χ1) is 7.76. The lowest BCUT2D eigenvalue weighted by atomic mass is 10.1. The molecule has 84 valence electrons. The molecule has 0 amide bonds. The number of aliphatic hydroxyl groups is 2. The largest absolute Gasteiger partial charge is 0.394 e. The number of nitrogens with zero attached hydrogens (tertiary/aromatic N) is 1. The van der Waals surface area contributed by atoms with Crippen LogP contribution < -0.4 is 0 Å². The normalized spacial score (nSPS) is 12.9. The average Bonchev–Trinajstić information content (AvgIpc) is 2.72. The van der Waals surface area contributed by atoms with Gasteiger partial charge in [-0.25, -0.2) is 0 Å². The van der Waals surface area contributed by atoms with E-state index in [0.717, 1.165) is 17.2 Å². The summed E-state index contributed by atoms with van der Waals surface area (Å²) in [6.45, 7) is -0.00617. The summed E-state index contributed by atoms with van der Waals surface area (Å²) in [6, 6.07) is 7.34. The van der Waals surface area contributed by atoms with Crippen LogP contribution in [0.4, 0.5) is 0 Å². The summed E-state index contributed by atoms with van der Waals surface area (Å²) in [7, 11) is 0. The lowest BCUT2D eigenvalue weighted by Gasteiger charge is -2.10. The second-order valence-electron chi connectivity index (χ2n) is 3.71. The van der Waals surface area contributed by atoms with E-state index >= 15 is 0 Å². The number of aliphatic hydroxyl groups excluding tert-OH is 2. The smallest absolute Gasteiger partial charge is 0.152 e. The second-order valence-corrected chi connectivity index (χ2v) is 3.71. The number of aromatic nitrogens is 1. The van der Waals surface area contributed by atoms with Crippen LogP contribution in [-0.2, 0) is 6.54 Å². The molecule has 0 spiro atoms. The quantitative estimate of drug-likeness (QED) is 0.748. The van der Waals surface area contributed by atoms with Crippen molar-refractivity contribution in [1.29, 1.82) is 0 Å². The third-order valence-electron chi connectivity index (χ3n) is 2.56. The van der Waals surface area contributed by atoms with Crippen LogP contribution in [0.15, 0.2) is 30.5 Å². The molecule has 0 saturated carbocycles. The summed E-state index contributed by atoms with van der Waals surface area (Å²) in [4.78, 5) is 10.9. The van der Waals surface area contributed by atoms with Gasteiger partial charge in [0.05, 0.1) is 24.8 Å². The SMILES string of the molecule is O=Cc1cccc2ccn(CC(O)CO)c12. The molecule has 0 radical (unpaired) electrons. The Labute approximate surface area is 92.7 Å². The van der Waals surface area contributed by atoms with Crippen molar-refractivity contribution in [1.82, 2.24) is 4.57 Å². The van der Waals surface area contributed by atoms with E-state index < -0.39 is 6.10 Å². The molecule has 1 aromatic carbocycles. The van der Waals surface area contributed by atoms with E-state index in [4.69, 9.17) is 5.11 Å². The van der Waals surface area contributed by atoms with Gasteiger partial charge in [0.15, 0.2) is 6.29 Å². The Balaban J connectivity index is 2.49. The maximum Gasteiger partial charge on any atom is 0.152 e. The highest BCUT2D eigenvalue weighted by Crippen LogP contribution is 2.19. The fraction of sp³-hybridized carbons (Fsp3) is 0.250. The van der Waals surface area contributed by atoms with Crippen molar-refractivity contribution in [2.75, 3.05) is 6.61 Å². The topological polar surface area (TPSA) is 62.5 Å².